The van der Waals surface area contributed by atoms with Gasteiger partial charge in [-0.1, -0.05) is 68.7 Å². The molecule has 2 fully saturated rings. The Bertz CT molecular complexity index is 612. The van der Waals surface area contributed by atoms with E-state index in [0.717, 1.165) is 43.3 Å². The zero-order valence-electron chi connectivity index (χ0n) is 19.4. The van der Waals surface area contributed by atoms with Gasteiger partial charge in [0.1, 0.15) is 0 Å². The van der Waals surface area contributed by atoms with Crippen LogP contribution < -0.4 is 0 Å². The van der Waals surface area contributed by atoms with Crippen LogP contribution >= 0.6 is 0 Å². The molecule has 0 unspecified atom stereocenters. The molecule has 166 valence electrons. The molecule has 0 saturated heterocycles. The van der Waals surface area contributed by atoms with E-state index in [2.05, 4.69) is 56.0 Å². The SMILES string of the molecule is C=CCCC[C@H]1CC[C@H]([C@H]2CC[C@H](c3ccc(COCC=CCC)cc3)CC2)CC1. The van der Waals surface area contributed by atoms with Crippen molar-refractivity contribution in [3.8, 4) is 0 Å². The summed E-state index contributed by atoms with van der Waals surface area (Å²) < 4.78 is 5.73. The molecular weight excluding hydrogens is 364 g/mol. The number of rotatable bonds is 11. The lowest BCUT2D eigenvalue weighted by Crippen LogP contribution is -2.25. The molecule has 0 spiro atoms. The summed E-state index contributed by atoms with van der Waals surface area (Å²) in [6, 6.07) is 9.28. The number of unbranched alkanes of at least 4 members (excludes halogenated alkanes) is 1. The third-order valence-corrected chi connectivity index (χ3v) is 7.69. The Morgan fingerprint density at radius 2 is 1.57 bits per heavy atom. The van der Waals surface area contributed by atoms with Crippen LogP contribution in [0, 0.1) is 17.8 Å². The van der Waals surface area contributed by atoms with E-state index in [9.17, 15) is 0 Å². The van der Waals surface area contributed by atoms with Crippen LogP contribution in [0.5, 0.6) is 0 Å². The normalized spacial score (nSPS) is 27.4. The number of ether oxygens (including phenoxy) is 1. The zero-order valence-corrected chi connectivity index (χ0v) is 19.4. The summed E-state index contributed by atoms with van der Waals surface area (Å²) in [7, 11) is 0. The molecule has 1 aromatic rings. The molecule has 0 aliphatic heterocycles. The fourth-order valence-corrected chi connectivity index (χ4v) is 5.79. The van der Waals surface area contributed by atoms with Gasteiger partial charge in [-0.25, -0.2) is 0 Å². The Kier molecular flexibility index (Phi) is 10.2. The maximum absolute atomic E-state index is 5.73. The second kappa shape index (κ2) is 13.2. The van der Waals surface area contributed by atoms with Gasteiger partial charge < -0.3 is 4.74 Å². The summed E-state index contributed by atoms with van der Waals surface area (Å²) in [6.45, 7) is 7.45. The highest BCUT2D eigenvalue weighted by atomic mass is 16.5. The average molecular weight is 409 g/mol. The van der Waals surface area contributed by atoms with Crippen molar-refractivity contribution in [1.82, 2.24) is 0 Å². The summed E-state index contributed by atoms with van der Waals surface area (Å²) >= 11 is 0. The van der Waals surface area contributed by atoms with E-state index < -0.39 is 0 Å². The minimum Gasteiger partial charge on any atom is -0.373 e. The first-order valence-electron chi connectivity index (χ1n) is 12.7. The van der Waals surface area contributed by atoms with Crippen LogP contribution in [-0.4, -0.2) is 6.61 Å². The minimum atomic E-state index is 0.719. The van der Waals surface area contributed by atoms with Crippen molar-refractivity contribution in [2.24, 2.45) is 17.8 Å². The lowest BCUT2D eigenvalue weighted by Gasteiger charge is -2.38. The van der Waals surface area contributed by atoms with Crippen molar-refractivity contribution < 1.29 is 4.74 Å². The lowest BCUT2D eigenvalue weighted by molar-refractivity contribution is 0.148. The molecule has 30 heavy (non-hydrogen) atoms. The smallest absolute Gasteiger partial charge is 0.0721 e. The molecule has 0 heterocycles. The van der Waals surface area contributed by atoms with Crippen molar-refractivity contribution >= 4 is 0 Å². The van der Waals surface area contributed by atoms with Crippen LogP contribution in [0.4, 0.5) is 0 Å². The molecule has 3 rings (SSSR count). The number of benzene rings is 1. The highest BCUT2D eigenvalue weighted by Crippen LogP contribution is 2.44. The van der Waals surface area contributed by atoms with E-state index in [4.69, 9.17) is 4.74 Å². The summed E-state index contributed by atoms with van der Waals surface area (Å²) in [5.41, 5.74) is 2.84. The van der Waals surface area contributed by atoms with Gasteiger partial charge in [-0.05, 0) is 92.6 Å². The standard InChI is InChI=1S/C29H44O/c1-3-5-7-9-24-10-14-26(15-11-24)28-18-20-29(21-19-28)27-16-12-25(13-17-27)23-30-22-8-6-4-2/h3,6,8,12-13,16-17,24,26,28-29H,1,4-5,7,9-11,14-15,18-23H2,2H3/t24-,26-,28-,29-. The van der Waals surface area contributed by atoms with Gasteiger partial charge in [-0.3, -0.25) is 0 Å². The molecule has 2 aliphatic carbocycles. The minimum absolute atomic E-state index is 0.719. The van der Waals surface area contributed by atoms with Crippen molar-refractivity contribution in [3.05, 3.63) is 60.2 Å². The Morgan fingerprint density at radius 3 is 2.20 bits per heavy atom. The molecule has 0 atom stereocenters. The molecule has 1 aromatic carbocycles. The van der Waals surface area contributed by atoms with Gasteiger partial charge in [0.25, 0.3) is 0 Å². The van der Waals surface area contributed by atoms with E-state index in [-0.39, 0.29) is 0 Å². The highest BCUT2D eigenvalue weighted by molar-refractivity contribution is 5.25. The van der Waals surface area contributed by atoms with Crippen LogP contribution in [0.3, 0.4) is 0 Å². The Morgan fingerprint density at radius 1 is 0.900 bits per heavy atom. The van der Waals surface area contributed by atoms with E-state index >= 15 is 0 Å². The van der Waals surface area contributed by atoms with Gasteiger partial charge in [0.2, 0.25) is 0 Å². The third-order valence-electron chi connectivity index (χ3n) is 7.69. The number of allylic oxidation sites excluding steroid dienone is 2. The van der Waals surface area contributed by atoms with Gasteiger partial charge in [0.05, 0.1) is 13.2 Å². The van der Waals surface area contributed by atoms with E-state index in [1.165, 1.54) is 76.2 Å². The first-order valence-corrected chi connectivity index (χ1v) is 12.7. The van der Waals surface area contributed by atoms with Crippen molar-refractivity contribution in [3.63, 3.8) is 0 Å². The summed E-state index contributed by atoms with van der Waals surface area (Å²) in [4.78, 5) is 0. The van der Waals surface area contributed by atoms with E-state index in [0.29, 0.717) is 0 Å². The molecule has 1 nitrogen and oxygen atoms in total. The lowest BCUT2D eigenvalue weighted by atomic mass is 9.68. The Labute approximate surface area is 186 Å². The summed E-state index contributed by atoms with van der Waals surface area (Å²) in [5, 5.41) is 0. The zero-order chi connectivity index (χ0) is 21.0. The van der Waals surface area contributed by atoms with Gasteiger partial charge in [-0.2, -0.15) is 0 Å². The van der Waals surface area contributed by atoms with Gasteiger partial charge in [0, 0.05) is 0 Å². The Balaban J connectivity index is 1.36. The van der Waals surface area contributed by atoms with Crippen LogP contribution in [0.15, 0.2) is 49.1 Å². The van der Waals surface area contributed by atoms with Crippen LogP contribution in [0.2, 0.25) is 0 Å². The van der Waals surface area contributed by atoms with Crippen molar-refractivity contribution in [2.45, 2.75) is 96.5 Å². The average Bonchev–Trinajstić information content (AvgIpc) is 2.80. The number of hydrogen-bond acceptors (Lipinski definition) is 1. The molecule has 0 radical (unpaired) electrons. The Hall–Kier alpha value is -1.34. The van der Waals surface area contributed by atoms with Crippen LogP contribution in [-0.2, 0) is 11.3 Å². The second-order valence-electron chi connectivity index (χ2n) is 9.75. The third kappa shape index (κ3) is 7.41. The first-order chi connectivity index (χ1) is 14.8. The van der Waals surface area contributed by atoms with Gasteiger partial charge >= 0.3 is 0 Å². The van der Waals surface area contributed by atoms with Gasteiger partial charge in [0.15, 0.2) is 0 Å². The summed E-state index contributed by atoms with van der Waals surface area (Å²) in [6.07, 6.45) is 23.1. The second-order valence-corrected chi connectivity index (χ2v) is 9.75. The summed E-state index contributed by atoms with van der Waals surface area (Å²) in [5.74, 6) is 3.80. The van der Waals surface area contributed by atoms with E-state index in [1.54, 1.807) is 5.56 Å². The molecule has 0 N–H and O–H groups in total. The quantitative estimate of drug-likeness (QED) is 0.263. The molecule has 2 aliphatic rings. The predicted molar refractivity (Wildman–Crippen MR) is 130 cm³/mol. The maximum Gasteiger partial charge on any atom is 0.0721 e. The van der Waals surface area contributed by atoms with Crippen molar-refractivity contribution in [1.29, 1.82) is 0 Å². The molecule has 1 heteroatoms. The molecule has 0 bridgehead atoms. The molecular formula is C29H44O. The van der Waals surface area contributed by atoms with Crippen LogP contribution in [0.1, 0.15) is 101 Å². The van der Waals surface area contributed by atoms with Gasteiger partial charge in [-0.15, -0.1) is 6.58 Å². The van der Waals surface area contributed by atoms with Crippen LogP contribution in [0.25, 0.3) is 0 Å². The first kappa shape index (κ1) is 23.3. The fraction of sp³-hybridized carbons (Fsp3) is 0.655. The largest absolute Gasteiger partial charge is 0.373 e. The van der Waals surface area contributed by atoms with E-state index in [1.807, 2.05) is 0 Å². The predicted octanol–water partition coefficient (Wildman–Crippen LogP) is 8.61. The molecule has 0 amide bonds. The maximum atomic E-state index is 5.73. The fourth-order valence-electron chi connectivity index (χ4n) is 5.79. The van der Waals surface area contributed by atoms with Crippen molar-refractivity contribution in [2.75, 3.05) is 6.61 Å². The topological polar surface area (TPSA) is 9.23 Å². The molecule has 2 saturated carbocycles. The monoisotopic (exact) mass is 408 g/mol. The highest BCUT2D eigenvalue weighted by Gasteiger charge is 2.31. The molecule has 0 aromatic heterocycles. The number of hydrogen-bond donors (Lipinski definition) is 0.